The SMILES string of the molecule is Cc1ccc(C)n1-c1nc2ccc(C(=O)N3CCN(c4ccccn4)CC3)cc2s1. The standard InChI is InChI=1S/C23H23N5OS/c1-16-6-7-17(2)28(16)23-25-19-9-8-18(15-20(19)30-23)22(29)27-13-11-26(12-14-27)21-5-3-4-10-24-21/h3-10,15H,11-14H2,1-2H3. The summed E-state index contributed by atoms with van der Waals surface area (Å²) < 4.78 is 3.19. The molecule has 30 heavy (non-hydrogen) atoms. The molecule has 4 aromatic rings. The van der Waals surface area contributed by atoms with E-state index in [1.807, 2.05) is 47.5 Å². The molecule has 0 saturated carbocycles. The van der Waals surface area contributed by atoms with Gasteiger partial charge in [0, 0.05) is 49.3 Å². The van der Waals surface area contributed by atoms with Crippen molar-refractivity contribution in [1.29, 1.82) is 0 Å². The van der Waals surface area contributed by atoms with Crippen LogP contribution in [0.25, 0.3) is 15.3 Å². The van der Waals surface area contributed by atoms with Crippen molar-refractivity contribution in [1.82, 2.24) is 19.4 Å². The normalized spacial score (nSPS) is 14.5. The Morgan fingerprint density at radius 2 is 1.73 bits per heavy atom. The number of piperazine rings is 1. The van der Waals surface area contributed by atoms with Crippen LogP contribution in [0.1, 0.15) is 21.7 Å². The van der Waals surface area contributed by atoms with Gasteiger partial charge in [-0.3, -0.25) is 9.36 Å². The van der Waals surface area contributed by atoms with Gasteiger partial charge in [0.25, 0.3) is 5.91 Å². The van der Waals surface area contributed by atoms with Crippen LogP contribution in [0, 0.1) is 13.8 Å². The van der Waals surface area contributed by atoms with Crippen molar-refractivity contribution in [2.45, 2.75) is 13.8 Å². The number of rotatable bonds is 3. The molecule has 1 fully saturated rings. The van der Waals surface area contributed by atoms with E-state index in [1.54, 1.807) is 11.3 Å². The van der Waals surface area contributed by atoms with Crippen molar-refractivity contribution in [3.05, 3.63) is 71.7 Å². The second-order valence-electron chi connectivity index (χ2n) is 7.60. The summed E-state index contributed by atoms with van der Waals surface area (Å²) in [7, 11) is 0. The van der Waals surface area contributed by atoms with E-state index in [2.05, 4.69) is 40.4 Å². The van der Waals surface area contributed by atoms with Crippen LogP contribution in [0.2, 0.25) is 0 Å². The molecule has 6 nitrogen and oxygen atoms in total. The molecule has 1 aromatic carbocycles. The quantitative estimate of drug-likeness (QED) is 0.504. The van der Waals surface area contributed by atoms with E-state index in [0.717, 1.165) is 51.2 Å². The number of pyridine rings is 1. The lowest BCUT2D eigenvalue weighted by Gasteiger charge is -2.35. The highest BCUT2D eigenvalue weighted by molar-refractivity contribution is 7.20. The van der Waals surface area contributed by atoms with Crippen LogP contribution in [0.4, 0.5) is 5.82 Å². The highest BCUT2D eigenvalue weighted by Gasteiger charge is 2.23. The van der Waals surface area contributed by atoms with Crippen LogP contribution in [0.5, 0.6) is 0 Å². The largest absolute Gasteiger partial charge is 0.353 e. The van der Waals surface area contributed by atoms with E-state index >= 15 is 0 Å². The van der Waals surface area contributed by atoms with Crippen molar-refractivity contribution in [2.24, 2.45) is 0 Å². The number of benzene rings is 1. The van der Waals surface area contributed by atoms with Crippen molar-refractivity contribution in [3.8, 4) is 5.13 Å². The molecule has 1 aliphatic heterocycles. The second kappa shape index (κ2) is 7.57. The first-order chi connectivity index (χ1) is 14.6. The Labute approximate surface area is 179 Å². The maximum Gasteiger partial charge on any atom is 0.254 e. The highest BCUT2D eigenvalue weighted by Crippen LogP contribution is 2.28. The summed E-state index contributed by atoms with van der Waals surface area (Å²) in [5, 5.41) is 0.943. The minimum atomic E-state index is 0.0841. The number of amides is 1. The summed E-state index contributed by atoms with van der Waals surface area (Å²) in [6, 6.07) is 16.0. The van der Waals surface area contributed by atoms with E-state index in [9.17, 15) is 4.79 Å². The highest BCUT2D eigenvalue weighted by atomic mass is 32.1. The average molecular weight is 418 g/mol. The number of anilines is 1. The first-order valence-corrected chi connectivity index (χ1v) is 10.9. The lowest BCUT2D eigenvalue weighted by atomic mass is 10.1. The van der Waals surface area contributed by atoms with Gasteiger partial charge in [-0.15, -0.1) is 0 Å². The third-order valence-electron chi connectivity index (χ3n) is 5.63. The van der Waals surface area contributed by atoms with Crippen LogP contribution < -0.4 is 4.90 Å². The summed E-state index contributed by atoms with van der Waals surface area (Å²) >= 11 is 1.62. The molecule has 7 heteroatoms. The zero-order valence-corrected chi connectivity index (χ0v) is 17.9. The van der Waals surface area contributed by atoms with Gasteiger partial charge in [-0.05, 0) is 56.3 Å². The van der Waals surface area contributed by atoms with Gasteiger partial charge < -0.3 is 9.80 Å². The fraction of sp³-hybridized carbons (Fsp3) is 0.261. The van der Waals surface area contributed by atoms with Gasteiger partial charge in [-0.2, -0.15) is 0 Å². The fourth-order valence-electron chi connectivity index (χ4n) is 3.97. The molecule has 0 atom stereocenters. The molecule has 0 aliphatic carbocycles. The molecule has 1 aliphatic rings. The minimum Gasteiger partial charge on any atom is -0.353 e. The molecule has 1 amide bonds. The number of carbonyl (C=O) groups is 1. The lowest BCUT2D eigenvalue weighted by Crippen LogP contribution is -2.49. The van der Waals surface area contributed by atoms with Gasteiger partial charge in [0.15, 0.2) is 5.13 Å². The lowest BCUT2D eigenvalue weighted by molar-refractivity contribution is 0.0746. The van der Waals surface area contributed by atoms with E-state index in [-0.39, 0.29) is 5.91 Å². The summed E-state index contributed by atoms with van der Waals surface area (Å²) in [4.78, 5) is 26.5. The van der Waals surface area contributed by atoms with Gasteiger partial charge in [0.05, 0.1) is 10.2 Å². The smallest absolute Gasteiger partial charge is 0.254 e. The van der Waals surface area contributed by atoms with Crippen LogP contribution in [0.15, 0.2) is 54.7 Å². The summed E-state index contributed by atoms with van der Waals surface area (Å²) in [5.74, 6) is 1.06. The van der Waals surface area contributed by atoms with Crippen LogP contribution in [-0.2, 0) is 0 Å². The van der Waals surface area contributed by atoms with E-state index in [1.165, 1.54) is 0 Å². The third kappa shape index (κ3) is 3.35. The van der Waals surface area contributed by atoms with Gasteiger partial charge >= 0.3 is 0 Å². The molecular weight excluding hydrogens is 394 g/mol. The van der Waals surface area contributed by atoms with Crippen LogP contribution >= 0.6 is 11.3 Å². The first kappa shape index (κ1) is 18.8. The Balaban J connectivity index is 1.34. The number of thiazole rings is 1. The Bertz CT molecular complexity index is 1190. The monoisotopic (exact) mass is 417 g/mol. The topological polar surface area (TPSA) is 54.3 Å². The molecule has 0 radical (unpaired) electrons. The summed E-state index contributed by atoms with van der Waals surface area (Å²) in [6.45, 7) is 7.15. The predicted octanol–water partition coefficient (Wildman–Crippen LogP) is 4.06. The number of nitrogens with zero attached hydrogens (tertiary/aromatic N) is 5. The summed E-state index contributed by atoms with van der Waals surface area (Å²) in [6.07, 6.45) is 1.81. The van der Waals surface area contributed by atoms with Crippen molar-refractivity contribution in [2.75, 3.05) is 31.1 Å². The molecule has 1 saturated heterocycles. The summed E-state index contributed by atoms with van der Waals surface area (Å²) in [5.41, 5.74) is 3.98. The van der Waals surface area contributed by atoms with Gasteiger partial charge in [-0.1, -0.05) is 17.4 Å². The Kier molecular flexibility index (Phi) is 4.75. The van der Waals surface area contributed by atoms with Gasteiger partial charge in [0.2, 0.25) is 0 Å². The number of aryl methyl sites for hydroxylation is 2. The first-order valence-electron chi connectivity index (χ1n) is 10.1. The van der Waals surface area contributed by atoms with Crippen LogP contribution in [-0.4, -0.2) is 51.5 Å². The van der Waals surface area contributed by atoms with Gasteiger partial charge in [-0.25, -0.2) is 9.97 Å². The zero-order chi connectivity index (χ0) is 20.7. The number of fused-ring (bicyclic) bond motifs is 1. The Hall–Kier alpha value is -3.19. The van der Waals surface area contributed by atoms with Crippen molar-refractivity contribution >= 4 is 33.3 Å². The second-order valence-corrected chi connectivity index (χ2v) is 8.61. The van der Waals surface area contributed by atoms with Crippen LogP contribution in [0.3, 0.4) is 0 Å². The molecule has 0 N–H and O–H groups in total. The van der Waals surface area contributed by atoms with Gasteiger partial charge in [0.1, 0.15) is 5.82 Å². The molecule has 0 unspecified atom stereocenters. The number of hydrogen-bond donors (Lipinski definition) is 0. The Morgan fingerprint density at radius 1 is 0.967 bits per heavy atom. The zero-order valence-electron chi connectivity index (χ0n) is 17.1. The molecule has 152 valence electrons. The molecule has 3 aromatic heterocycles. The molecule has 0 bridgehead atoms. The number of hydrogen-bond acceptors (Lipinski definition) is 5. The van der Waals surface area contributed by atoms with E-state index in [4.69, 9.17) is 4.98 Å². The molecule has 5 rings (SSSR count). The number of aromatic nitrogens is 3. The van der Waals surface area contributed by atoms with Crippen molar-refractivity contribution < 1.29 is 4.79 Å². The predicted molar refractivity (Wildman–Crippen MR) is 121 cm³/mol. The van der Waals surface area contributed by atoms with Crippen molar-refractivity contribution in [3.63, 3.8) is 0 Å². The Morgan fingerprint density at radius 3 is 2.43 bits per heavy atom. The van der Waals surface area contributed by atoms with E-state index in [0.29, 0.717) is 13.1 Å². The maximum atomic E-state index is 13.1. The van der Waals surface area contributed by atoms with E-state index < -0.39 is 0 Å². The number of carbonyl (C=O) groups excluding carboxylic acids is 1. The molecule has 4 heterocycles. The maximum absolute atomic E-state index is 13.1. The minimum absolute atomic E-state index is 0.0841. The third-order valence-corrected chi connectivity index (χ3v) is 6.63. The molecular formula is C23H23N5OS. The fourth-order valence-corrected chi connectivity index (χ4v) is 5.10. The average Bonchev–Trinajstić information content (AvgIpc) is 3.35. The molecule has 0 spiro atoms.